The van der Waals surface area contributed by atoms with E-state index in [2.05, 4.69) is 17.9 Å². The molecule has 0 spiro atoms. The second-order valence-electron chi connectivity index (χ2n) is 3.69. The number of hydrogen-bond acceptors (Lipinski definition) is 2. The van der Waals surface area contributed by atoms with Crippen LogP contribution in [0.1, 0.15) is 18.4 Å². The smallest absolute Gasteiger partial charge is 0.0824 e. The molecule has 0 amide bonds. The molecule has 3 heteroatoms. The van der Waals surface area contributed by atoms with Crippen LogP contribution in [0.25, 0.3) is 0 Å². The zero-order chi connectivity index (χ0) is 10.1. The zero-order valence-electron chi connectivity index (χ0n) is 8.29. The fourth-order valence-corrected chi connectivity index (χ4v) is 2.22. The molecule has 1 saturated heterocycles. The standard InChI is InChI=1S/C11H14N2S/c1-8-7-9(12)4-5-10(8)13-6-2-3-11(13)14/h4-5,7H,2-3,6,12H2,1H3. The molecule has 2 N–H and O–H groups in total. The van der Waals surface area contributed by atoms with Gasteiger partial charge in [0.25, 0.3) is 0 Å². The van der Waals surface area contributed by atoms with Crippen LogP contribution < -0.4 is 10.6 Å². The van der Waals surface area contributed by atoms with Crippen LogP contribution in [0.4, 0.5) is 11.4 Å². The molecule has 2 nitrogen and oxygen atoms in total. The van der Waals surface area contributed by atoms with E-state index in [9.17, 15) is 0 Å². The van der Waals surface area contributed by atoms with Gasteiger partial charge in [-0.3, -0.25) is 0 Å². The van der Waals surface area contributed by atoms with Crippen molar-refractivity contribution in [2.75, 3.05) is 17.2 Å². The van der Waals surface area contributed by atoms with Gasteiger partial charge in [-0.15, -0.1) is 0 Å². The maximum atomic E-state index is 5.71. The molecule has 14 heavy (non-hydrogen) atoms. The van der Waals surface area contributed by atoms with Crippen molar-refractivity contribution in [3.63, 3.8) is 0 Å². The molecule has 0 radical (unpaired) electrons. The van der Waals surface area contributed by atoms with Crippen molar-refractivity contribution >= 4 is 28.6 Å². The molecule has 0 atom stereocenters. The van der Waals surface area contributed by atoms with E-state index in [0.29, 0.717) is 0 Å². The van der Waals surface area contributed by atoms with Crippen molar-refractivity contribution in [1.82, 2.24) is 0 Å². The van der Waals surface area contributed by atoms with Gasteiger partial charge in [-0.25, -0.2) is 0 Å². The Bertz CT molecular complexity index is 374. The number of anilines is 2. The van der Waals surface area contributed by atoms with Crippen molar-refractivity contribution in [3.8, 4) is 0 Å². The first-order valence-electron chi connectivity index (χ1n) is 4.85. The summed E-state index contributed by atoms with van der Waals surface area (Å²) in [5.74, 6) is 0. The molecule has 74 valence electrons. The lowest BCUT2D eigenvalue weighted by atomic mass is 10.1. The van der Waals surface area contributed by atoms with Crippen molar-refractivity contribution in [2.45, 2.75) is 19.8 Å². The predicted octanol–water partition coefficient (Wildman–Crippen LogP) is 2.50. The number of hydrogen-bond donors (Lipinski definition) is 1. The first-order valence-corrected chi connectivity index (χ1v) is 5.26. The lowest BCUT2D eigenvalue weighted by Crippen LogP contribution is -2.23. The van der Waals surface area contributed by atoms with E-state index >= 15 is 0 Å². The molecule has 2 rings (SSSR count). The van der Waals surface area contributed by atoms with Gasteiger partial charge in [0.05, 0.1) is 4.99 Å². The Balaban J connectivity index is 2.36. The van der Waals surface area contributed by atoms with Gasteiger partial charge in [0, 0.05) is 17.9 Å². The quantitative estimate of drug-likeness (QED) is 0.565. The lowest BCUT2D eigenvalue weighted by Gasteiger charge is -2.20. The molecule has 1 aliphatic rings. The summed E-state index contributed by atoms with van der Waals surface area (Å²) in [4.78, 5) is 3.27. The third kappa shape index (κ3) is 1.60. The first kappa shape index (κ1) is 9.46. The van der Waals surface area contributed by atoms with Crippen molar-refractivity contribution < 1.29 is 0 Å². The molecule has 0 bridgehead atoms. The van der Waals surface area contributed by atoms with Crippen molar-refractivity contribution in [3.05, 3.63) is 23.8 Å². The fourth-order valence-electron chi connectivity index (χ4n) is 1.88. The molecule has 1 fully saturated rings. The Labute approximate surface area is 89.7 Å². The van der Waals surface area contributed by atoms with Crippen LogP contribution in [0.3, 0.4) is 0 Å². The molecule has 1 aromatic rings. The monoisotopic (exact) mass is 206 g/mol. The number of rotatable bonds is 1. The van der Waals surface area contributed by atoms with Gasteiger partial charge in [0.15, 0.2) is 0 Å². The Kier molecular flexibility index (Phi) is 2.42. The van der Waals surface area contributed by atoms with Gasteiger partial charge in [-0.2, -0.15) is 0 Å². The Morgan fingerprint density at radius 1 is 1.43 bits per heavy atom. The average molecular weight is 206 g/mol. The Morgan fingerprint density at radius 3 is 2.79 bits per heavy atom. The van der Waals surface area contributed by atoms with Crippen LogP contribution in [0, 0.1) is 6.92 Å². The largest absolute Gasteiger partial charge is 0.399 e. The molecule has 1 heterocycles. The van der Waals surface area contributed by atoms with E-state index in [-0.39, 0.29) is 0 Å². The molecule has 0 aromatic heterocycles. The highest BCUT2D eigenvalue weighted by molar-refractivity contribution is 7.80. The molecule has 0 saturated carbocycles. The summed E-state index contributed by atoms with van der Waals surface area (Å²) >= 11 is 5.31. The zero-order valence-corrected chi connectivity index (χ0v) is 9.10. The maximum absolute atomic E-state index is 5.71. The highest BCUT2D eigenvalue weighted by atomic mass is 32.1. The topological polar surface area (TPSA) is 29.3 Å². The van der Waals surface area contributed by atoms with Crippen molar-refractivity contribution in [1.29, 1.82) is 0 Å². The van der Waals surface area contributed by atoms with E-state index in [0.717, 1.165) is 23.6 Å². The number of nitrogen functional groups attached to an aromatic ring is 1. The number of nitrogens with zero attached hydrogens (tertiary/aromatic N) is 1. The summed E-state index contributed by atoms with van der Waals surface area (Å²) < 4.78 is 0. The minimum Gasteiger partial charge on any atom is -0.399 e. The SMILES string of the molecule is Cc1cc(N)ccc1N1CCCC1=S. The van der Waals surface area contributed by atoms with Crippen LogP contribution in [-0.2, 0) is 0 Å². The van der Waals surface area contributed by atoms with E-state index in [1.54, 1.807) is 0 Å². The van der Waals surface area contributed by atoms with Crippen LogP contribution >= 0.6 is 12.2 Å². The normalized spacial score (nSPS) is 16.4. The number of thiocarbonyl (C=S) groups is 1. The van der Waals surface area contributed by atoms with Gasteiger partial charge in [-0.1, -0.05) is 12.2 Å². The van der Waals surface area contributed by atoms with Crippen LogP contribution in [0.15, 0.2) is 18.2 Å². The van der Waals surface area contributed by atoms with Gasteiger partial charge < -0.3 is 10.6 Å². The summed E-state index contributed by atoms with van der Waals surface area (Å²) in [6.07, 6.45) is 2.21. The number of benzene rings is 1. The van der Waals surface area contributed by atoms with Crippen LogP contribution in [-0.4, -0.2) is 11.5 Å². The van der Waals surface area contributed by atoms with Crippen LogP contribution in [0.2, 0.25) is 0 Å². The van der Waals surface area contributed by atoms with Crippen molar-refractivity contribution in [2.24, 2.45) is 0 Å². The van der Waals surface area contributed by atoms with E-state index in [1.165, 1.54) is 17.7 Å². The lowest BCUT2D eigenvalue weighted by molar-refractivity contribution is 0.954. The van der Waals surface area contributed by atoms with Gasteiger partial charge in [-0.05, 0) is 43.5 Å². The molecule has 1 aliphatic heterocycles. The molecular weight excluding hydrogens is 192 g/mol. The number of nitrogens with two attached hydrogens (primary N) is 1. The molecular formula is C11H14N2S. The summed E-state index contributed by atoms with van der Waals surface area (Å²) in [5.41, 5.74) is 8.94. The minimum atomic E-state index is 0.816. The van der Waals surface area contributed by atoms with E-state index < -0.39 is 0 Å². The summed E-state index contributed by atoms with van der Waals surface area (Å²) in [7, 11) is 0. The summed E-state index contributed by atoms with van der Waals surface area (Å²) in [6, 6.07) is 5.99. The molecule has 0 aliphatic carbocycles. The fraction of sp³-hybridized carbons (Fsp3) is 0.364. The second kappa shape index (κ2) is 3.58. The highest BCUT2D eigenvalue weighted by Gasteiger charge is 2.19. The molecule has 1 aromatic carbocycles. The maximum Gasteiger partial charge on any atom is 0.0824 e. The Morgan fingerprint density at radius 2 is 2.21 bits per heavy atom. The third-order valence-electron chi connectivity index (χ3n) is 2.59. The predicted molar refractivity (Wildman–Crippen MR) is 64.8 cm³/mol. The Hall–Kier alpha value is -1.09. The minimum absolute atomic E-state index is 0.816. The third-order valence-corrected chi connectivity index (χ3v) is 3.01. The second-order valence-corrected chi connectivity index (χ2v) is 4.17. The first-order chi connectivity index (χ1) is 6.68. The summed E-state index contributed by atoms with van der Waals surface area (Å²) in [6.45, 7) is 3.12. The summed E-state index contributed by atoms with van der Waals surface area (Å²) in [5, 5.41) is 0. The van der Waals surface area contributed by atoms with E-state index in [1.807, 2.05) is 12.1 Å². The van der Waals surface area contributed by atoms with E-state index in [4.69, 9.17) is 18.0 Å². The van der Waals surface area contributed by atoms with Gasteiger partial charge >= 0.3 is 0 Å². The van der Waals surface area contributed by atoms with Gasteiger partial charge in [0.2, 0.25) is 0 Å². The highest BCUT2D eigenvalue weighted by Crippen LogP contribution is 2.26. The average Bonchev–Trinajstić information content (AvgIpc) is 2.52. The molecule has 0 unspecified atom stereocenters. The van der Waals surface area contributed by atoms with Crippen LogP contribution in [0.5, 0.6) is 0 Å². The number of aryl methyl sites for hydroxylation is 1. The van der Waals surface area contributed by atoms with Gasteiger partial charge in [0.1, 0.15) is 0 Å².